The van der Waals surface area contributed by atoms with E-state index in [1.54, 1.807) is 36.4 Å². The van der Waals surface area contributed by atoms with Gasteiger partial charge in [-0.25, -0.2) is 0 Å². The van der Waals surface area contributed by atoms with Gasteiger partial charge in [-0.05, 0) is 42.0 Å². The molecule has 0 fully saturated rings. The molecule has 0 heterocycles. The number of anilines is 1. The van der Waals surface area contributed by atoms with Gasteiger partial charge < -0.3 is 15.7 Å². The van der Waals surface area contributed by atoms with Crippen LogP contribution in [0.5, 0.6) is 0 Å². The second-order valence-corrected chi connectivity index (χ2v) is 5.44. The lowest BCUT2D eigenvalue weighted by Gasteiger charge is -2.07. The topological polar surface area (TPSA) is 95.5 Å². The third-order valence-corrected chi connectivity index (χ3v) is 3.36. The van der Waals surface area contributed by atoms with Gasteiger partial charge in [0.2, 0.25) is 5.91 Å². The van der Waals surface area contributed by atoms with Gasteiger partial charge in [0.05, 0.1) is 6.42 Å². The fourth-order valence-electron chi connectivity index (χ4n) is 1.96. The first-order valence-electron chi connectivity index (χ1n) is 7.08. The third-order valence-electron chi connectivity index (χ3n) is 3.11. The Hall–Kier alpha value is -2.86. The first-order valence-corrected chi connectivity index (χ1v) is 7.46. The number of benzene rings is 2. The van der Waals surface area contributed by atoms with Gasteiger partial charge in [-0.1, -0.05) is 23.7 Å². The van der Waals surface area contributed by atoms with Crippen LogP contribution in [-0.2, 0) is 16.0 Å². The van der Waals surface area contributed by atoms with Gasteiger partial charge in [0.1, 0.15) is 6.54 Å². The van der Waals surface area contributed by atoms with Crippen LogP contribution in [0, 0.1) is 0 Å². The van der Waals surface area contributed by atoms with Gasteiger partial charge in [-0.2, -0.15) is 0 Å². The Morgan fingerprint density at radius 2 is 1.58 bits per heavy atom. The number of nitrogens with one attached hydrogen (secondary N) is 2. The molecule has 0 saturated heterocycles. The molecule has 0 aromatic heterocycles. The minimum absolute atomic E-state index is 0.194. The van der Waals surface area contributed by atoms with Gasteiger partial charge in [0.25, 0.3) is 5.91 Å². The van der Waals surface area contributed by atoms with E-state index in [2.05, 4.69) is 10.6 Å². The van der Waals surface area contributed by atoms with E-state index < -0.39 is 18.4 Å². The Bertz CT molecular complexity index is 742. The summed E-state index contributed by atoms with van der Waals surface area (Å²) in [5.41, 5.74) is 1.69. The molecule has 0 aliphatic carbocycles. The van der Waals surface area contributed by atoms with Crippen molar-refractivity contribution in [2.24, 2.45) is 0 Å². The number of carboxylic acids is 1. The molecule has 6 nitrogen and oxygen atoms in total. The van der Waals surface area contributed by atoms with Crippen LogP contribution in [0.4, 0.5) is 5.69 Å². The number of hydrogen-bond donors (Lipinski definition) is 3. The van der Waals surface area contributed by atoms with E-state index in [9.17, 15) is 14.4 Å². The fraction of sp³-hybridized carbons (Fsp3) is 0.118. The molecule has 24 heavy (non-hydrogen) atoms. The third kappa shape index (κ3) is 5.40. The molecule has 3 N–H and O–H groups in total. The molecule has 2 aromatic carbocycles. The lowest BCUT2D eigenvalue weighted by molar-refractivity contribution is -0.135. The van der Waals surface area contributed by atoms with E-state index in [-0.39, 0.29) is 12.3 Å². The molecular formula is C17H15ClN2O4. The number of carboxylic acid groups (broad SMARTS) is 1. The van der Waals surface area contributed by atoms with Crippen LogP contribution >= 0.6 is 11.6 Å². The van der Waals surface area contributed by atoms with Crippen LogP contribution < -0.4 is 10.6 Å². The minimum atomic E-state index is -1.12. The van der Waals surface area contributed by atoms with E-state index in [1.807, 2.05) is 0 Å². The number of aliphatic carboxylic acids is 1. The maximum absolute atomic E-state index is 12.0. The van der Waals surface area contributed by atoms with Crippen molar-refractivity contribution in [1.82, 2.24) is 5.32 Å². The summed E-state index contributed by atoms with van der Waals surface area (Å²) in [7, 11) is 0. The van der Waals surface area contributed by atoms with Crippen LogP contribution in [-0.4, -0.2) is 29.4 Å². The van der Waals surface area contributed by atoms with Crippen LogP contribution in [0.3, 0.4) is 0 Å². The Balaban J connectivity index is 1.91. The summed E-state index contributed by atoms with van der Waals surface area (Å²) >= 11 is 5.79. The number of hydrogen-bond acceptors (Lipinski definition) is 3. The normalized spacial score (nSPS) is 10.0. The number of amides is 2. The van der Waals surface area contributed by atoms with Crippen molar-refractivity contribution in [2.75, 3.05) is 11.9 Å². The highest BCUT2D eigenvalue weighted by Crippen LogP contribution is 2.12. The highest BCUT2D eigenvalue weighted by atomic mass is 35.5. The van der Waals surface area contributed by atoms with Gasteiger partial charge in [-0.3, -0.25) is 14.4 Å². The van der Waals surface area contributed by atoms with Gasteiger partial charge in [-0.15, -0.1) is 0 Å². The minimum Gasteiger partial charge on any atom is -0.480 e. The molecule has 0 radical (unpaired) electrons. The maximum Gasteiger partial charge on any atom is 0.322 e. The average molecular weight is 347 g/mol. The van der Waals surface area contributed by atoms with Gasteiger partial charge in [0, 0.05) is 16.3 Å². The summed E-state index contributed by atoms with van der Waals surface area (Å²) < 4.78 is 0. The first-order chi connectivity index (χ1) is 11.4. The van der Waals surface area contributed by atoms with Crippen molar-refractivity contribution in [3.8, 4) is 0 Å². The van der Waals surface area contributed by atoms with Crippen molar-refractivity contribution in [3.05, 3.63) is 64.7 Å². The maximum atomic E-state index is 12.0. The number of carbonyl (C=O) groups excluding carboxylic acids is 2. The Morgan fingerprint density at radius 1 is 0.958 bits per heavy atom. The smallest absolute Gasteiger partial charge is 0.322 e. The Kier molecular flexibility index (Phi) is 5.92. The molecule has 0 aliphatic heterocycles. The summed E-state index contributed by atoms with van der Waals surface area (Å²) in [6.07, 6.45) is 0.206. The van der Waals surface area contributed by atoms with E-state index in [4.69, 9.17) is 16.7 Å². The fourth-order valence-corrected chi connectivity index (χ4v) is 2.08. The Labute approximate surface area is 143 Å². The van der Waals surface area contributed by atoms with Gasteiger partial charge in [0.15, 0.2) is 0 Å². The largest absolute Gasteiger partial charge is 0.480 e. The summed E-state index contributed by atoms with van der Waals surface area (Å²) in [6.45, 7) is -0.446. The molecule has 2 rings (SSSR count). The molecule has 0 unspecified atom stereocenters. The van der Waals surface area contributed by atoms with E-state index in [1.165, 1.54) is 12.1 Å². The van der Waals surface area contributed by atoms with E-state index >= 15 is 0 Å². The van der Waals surface area contributed by atoms with Crippen molar-refractivity contribution < 1.29 is 19.5 Å². The van der Waals surface area contributed by atoms with Crippen LogP contribution in [0.2, 0.25) is 5.02 Å². The second kappa shape index (κ2) is 8.12. The molecule has 0 saturated carbocycles. The van der Waals surface area contributed by atoms with Crippen LogP contribution in [0.1, 0.15) is 15.9 Å². The van der Waals surface area contributed by atoms with Crippen LogP contribution in [0.15, 0.2) is 48.5 Å². The van der Waals surface area contributed by atoms with E-state index in [0.29, 0.717) is 16.3 Å². The van der Waals surface area contributed by atoms with Crippen molar-refractivity contribution >= 4 is 35.1 Å². The summed E-state index contributed by atoms with van der Waals surface area (Å²) in [6, 6.07) is 13.2. The molecule has 2 amide bonds. The monoisotopic (exact) mass is 346 g/mol. The summed E-state index contributed by atoms with van der Waals surface area (Å²) in [5.74, 6) is -1.80. The molecule has 7 heteroatoms. The number of halogens is 1. The summed E-state index contributed by atoms with van der Waals surface area (Å²) in [4.78, 5) is 34.1. The zero-order chi connectivity index (χ0) is 17.5. The zero-order valence-electron chi connectivity index (χ0n) is 12.6. The number of carbonyl (C=O) groups is 3. The predicted molar refractivity (Wildman–Crippen MR) is 90.2 cm³/mol. The number of rotatable bonds is 6. The quantitative estimate of drug-likeness (QED) is 0.748. The lowest BCUT2D eigenvalue weighted by atomic mass is 10.1. The molecule has 0 spiro atoms. The average Bonchev–Trinajstić information content (AvgIpc) is 2.55. The molecule has 0 atom stereocenters. The molecule has 124 valence electrons. The first kappa shape index (κ1) is 17.5. The second-order valence-electron chi connectivity index (χ2n) is 5.01. The Morgan fingerprint density at radius 3 is 2.17 bits per heavy atom. The molecule has 2 aromatic rings. The zero-order valence-corrected chi connectivity index (χ0v) is 13.3. The highest BCUT2D eigenvalue weighted by molar-refractivity contribution is 6.30. The van der Waals surface area contributed by atoms with Crippen molar-refractivity contribution in [3.63, 3.8) is 0 Å². The van der Waals surface area contributed by atoms with Crippen molar-refractivity contribution in [2.45, 2.75) is 6.42 Å². The molecule has 0 aliphatic rings. The summed E-state index contributed by atoms with van der Waals surface area (Å²) in [5, 5.41) is 14.1. The highest BCUT2D eigenvalue weighted by Gasteiger charge is 2.08. The lowest BCUT2D eigenvalue weighted by Crippen LogP contribution is -2.29. The standard InChI is InChI=1S/C17H15ClN2O4/c18-13-5-1-11(2-6-13)9-15(21)20-14-7-3-12(4-8-14)17(24)19-10-16(22)23/h1-8H,9-10H2,(H,19,24)(H,20,21)(H,22,23). The predicted octanol–water partition coefficient (Wildman–Crippen LogP) is 2.34. The molecular weight excluding hydrogens is 332 g/mol. The van der Waals surface area contributed by atoms with E-state index in [0.717, 1.165) is 5.56 Å². The molecule has 0 bridgehead atoms. The van der Waals surface area contributed by atoms with Crippen molar-refractivity contribution in [1.29, 1.82) is 0 Å². The van der Waals surface area contributed by atoms with Gasteiger partial charge >= 0.3 is 5.97 Å². The SMILES string of the molecule is O=C(O)CNC(=O)c1ccc(NC(=O)Cc2ccc(Cl)cc2)cc1. The van der Waals surface area contributed by atoms with Crippen LogP contribution in [0.25, 0.3) is 0 Å².